The highest BCUT2D eigenvalue weighted by Gasteiger charge is 2.11. The van der Waals surface area contributed by atoms with Gasteiger partial charge in [0.05, 0.1) is 12.7 Å². The molecule has 4 heteroatoms. The van der Waals surface area contributed by atoms with Gasteiger partial charge >= 0.3 is 0 Å². The molecule has 1 amide bonds. The molecule has 1 unspecified atom stereocenters. The van der Waals surface area contributed by atoms with Gasteiger partial charge in [-0.1, -0.05) is 17.9 Å². The largest absolute Gasteiger partial charge is 0.395 e. The van der Waals surface area contributed by atoms with Gasteiger partial charge in [0.2, 0.25) is 0 Å². The van der Waals surface area contributed by atoms with Crippen molar-refractivity contribution in [3.05, 3.63) is 34.9 Å². The molecule has 1 atom stereocenters. The smallest absolute Gasteiger partial charge is 0.251 e. The normalized spacial score (nSPS) is 11.4. The molecule has 108 valence electrons. The lowest BCUT2D eigenvalue weighted by Crippen LogP contribution is -2.32. The standard InChI is InChI=1S/C16H21NO3/c1-12(20-3)11-17-16(19)15-9-6-8-14(13(15)2)7-4-5-10-18/h6,8-9,12,18H,5,10-11H2,1-3H3,(H,17,19). The summed E-state index contributed by atoms with van der Waals surface area (Å²) in [6.07, 6.45) is 0.410. The second kappa shape index (κ2) is 8.36. The number of amides is 1. The first-order valence-electron chi connectivity index (χ1n) is 6.60. The maximum absolute atomic E-state index is 12.1. The van der Waals surface area contributed by atoms with E-state index >= 15 is 0 Å². The molecule has 1 aromatic carbocycles. The average Bonchev–Trinajstić information content (AvgIpc) is 2.46. The molecule has 0 aromatic heterocycles. The number of ether oxygens (including phenoxy) is 1. The lowest BCUT2D eigenvalue weighted by Gasteiger charge is -2.12. The fourth-order valence-corrected chi connectivity index (χ4v) is 1.65. The van der Waals surface area contributed by atoms with Gasteiger partial charge < -0.3 is 15.2 Å². The molecule has 0 aliphatic carbocycles. The topological polar surface area (TPSA) is 58.6 Å². The number of rotatable bonds is 5. The van der Waals surface area contributed by atoms with Crippen LogP contribution in [0.1, 0.15) is 34.8 Å². The molecule has 1 aromatic rings. The van der Waals surface area contributed by atoms with E-state index in [9.17, 15) is 4.79 Å². The second-order valence-corrected chi connectivity index (χ2v) is 4.51. The zero-order valence-corrected chi connectivity index (χ0v) is 12.2. The lowest BCUT2D eigenvalue weighted by atomic mass is 10.0. The number of aliphatic hydroxyl groups is 1. The van der Waals surface area contributed by atoms with Gasteiger partial charge in [-0.2, -0.15) is 0 Å². The Morgan fingerprint density at radius 2 is 2.25 bits per heavy atom. The van der Waals surface area contributed by atoms with Gasteiger partial charge in [0.1, 0.15) is 0 Å². The highest BCUT2D eigenvalue weighted by molar-refractivity contribution is 5.96. The molecule has 2 N–H and O–H groups in total. The Bertz CT molecular complexity index is 514. The first-order valence-corrected chi connectivity index (χ1v) is 6.60. The van der Waals surface area contributed by atoms with Crippen molar-refractivity contribution in [2.45, 2.75) is 26.4 Å². The van der Waals surface area contributed by atoms with Crippen LogP contribution in [-0.4, -0.2) is 37.4 Å². The van der Waals surface area contributed by atoms with E-state index < -0.39 is 0 Å². The van der Waals surface area contributed by atoms with Crippen LogP contribution in [0, 0.1) is 18.8 Å². The van der Waals surface area contributed by atoms with E-state index in [1.807, 2.05) is 26.0 Å². The summed E-state index contributed by atoms with van der Waals surface area (Å²) in [6, 6.07) is 5.46. The Balaban J connectivity index is 2.83. The second-order valence-electron chi connectivity index (χ2n) is 4.51. The van der Waals surface area contributed by atoms with Crippen LogP contribution in [0.25, 0.3) is 0 Å². The summed E-state index contributed by atoms with van der Waals surface area (Å²) in [5.74, 6) is 5.71. The molecular formula is C16H21NO3. The summed E-state index contributed by atoms with van der Waals surface area (Å²) in [6.45, 7) is 4.28. The molecule has 0 spiro atoms. The first-order chi connectivity index (χ1) is 9.60. The van der Waals surface area contributed by atoms with E-state index in [0.29, 0.717) is 18.5 Å². The van der Waals surface area contributed by atoms with Gasteiger partial charge in [0.25, 0.3) is 5.91 Å². The molecule has 0 fully saturated rings. The number of carbonyl (C=O) groups excluding carboxylic acids is 1. The van der Waals surface area contributed by atoms with Crippen LogP contribution >= 0.6 is 0 Å². The number of hydrogen-bond donors (Lipinski definition) is 2. The maximum atomic E-state index is 12.1. The van der Waals surface area contributed by atoms with Crippen molar-refractivity contribution in [3.63, 3.8) is 0 Å². The van der Waals surface area contributed by atoms with E-state index in [2.05, 4.69) is 17.2 Å². The van der Waals surface area contributed by atoms with Crippen LogP contribution in [0.4, 0.5) is 0 Å². The molecule has 1 rings (SSSR count). The molecule has 20 heavy (non-hydrogen) atoms. The fraction of sp³-hybridized carbons (Fsp3) is 0.438. The molecule has 0 aliphatic rings. The predicted molar refractivity (Wildman–Crippen MR) is 78.6 cm³/mol. The van der Waals surface area contributed by atoms with Gasteiger partial charge in [0, 0.05) is 31.2 Å². The molecule has 0 aliphatic heterocycles. The molecule has 4 nitrogen and oxygen atoms in total. The van der Waals surface area contributed by atoms with Crippen LogP contribution < -0.4 is 5.32 Å². The Morgan fingerprint density at radius 1 is 1.50 bits per heavy atom. The number of benzene rings is 1. The van der Waals surface area contributed by atoms with E-state index in [1.54, 1.807) is 13.2 Å². The van der Waals surface area contributed by atoms with Gasteiger partial charge in [-0.3, -0.25) is 4.79 Å². The van der Waals surface area contributed by atoms with Gasteiger partial charge in [-0.25, -0.2) is 0 Å². The van der Waals surface area contributed by atoms with Crippen molar-refractivity contribution >= 4 is 5.91 Å². The Hall–Kier alpha value is -1.83. The summed E-state index contributed by atoms with van der Waals surface area (Å²) in [5.41, 5.74) is 2.27. The number of methoxy groups -OCH3 is 1. The third-order valence-corrected chi connectivity index (χ3v) is 2.99. The molecular weight excluding hydrogens is 254 g/mol. The van der Waals surface area contributed by atoms with Crippen molar-refractivity contribution in [2.75, 3.05) is 20.3 Å². The van der Waals surface area contributed by atoms with Gasteiger partial charge in [-0.15, -0.1) is 0 Å². The predicted octanol–water partition coefficient (Wildman–Crippen LogP) is 1.49. The lowest BCUT2D eigenvalue weighted by molar-refractivity contribution is 0.0870. The summed E-state index contributed by atoms with van der Waals surface area (Å²) < 4.78 is 5.10. The fourth-order valence-electron chi connectivity index (χ4n) is 1.65. The Morgan fingerprint density at radius 3 is 2.90 bits per heavy atom. The Labute approximate surface area is 120 Å². The number of nitrogens with one attached hydrogen (secondary N) is 1. The van der Waals surface area contributed by atoms with Crippen molar-refractivity contribution in [2.24, 2.45) is 0 Å². The zero-order valence-electron chi connectivity index (χ0n) is 12.2. The highest BCUT2D eigenvalue weighted by atomic mass is 16.5. The van der Waals surface area contributed by atoms with Crippen molar-refractivity contribution in [1.82, 2.24) is 5.32 Å². The van der Waals surface area contributed by atoms with Gasteiger partial charge in [0.15, 0.2) is 0 Å². The van der Waals surface area contributed by atoms with Crippen LogP contribution in [-0.2, 0) is 4.74 Å². The molecule has 0 radical (unpaired) electrons. The number of hydrogen-bond acceptors (Lipinski definition) is 3. The SMILES string of the molecule is COC(C)CNC(=O)c1cccc(C#CCCO)c1C. The number of aliphatic hydroxyl groups excluding tert-OH is 1. The number of carbonyl (C=O) groups is 1. The summed E-state index contributed by atoms with van der Waals surface area (Å²) in [5, 5.41) is 11.6. The van der Waals surface area contributed by atoms with Gasteiger partial charge in [-0.05, 0) is 31.5 Å². The molecule has 0 heterocycles. The zero-order chi connectivity index (χ0) is 15.0. The summed E-state index contributed by atoms with van der Waals surface area (Å²) >= 11 is 0. The van der Waals surface area contributed by atoms with Crippen LogP contribution in [0.5, 0.6) is 0 Å². The van der Waals surface area contributed by atoms with E-state index in [4.69, 9.17) is 9.84 Å². The molecule has 0 bridgehead atoms. The third-order valence-electron chi connectivity index (χ3n) is 2.99. The van der Waals surface area contributed by atoms with E-state index in [1.165, 1.54) is 0 Å². The van der Waals surface area contributed by atoms with Crippen LogP contribution in [0.3, 0.4) is 0 Å². The summed E-state index contributed by atoms with van der Waals surface area (Å²) in [7, 11) is 1.61. The van der Waals surface area contributed by atoms with Crippen LogP contribution in [0.2, 0.25) is 0 Å². The van der Waals surface area contributed by atoms with Crippen molar-refractivity contribution in [1.29, 1.82) is 0 Å². The molecule has 0 saturated heterocycles. The molecule has 0 saturated carbocycles. The minimum atomic E-state index is -0.128. The van der Waals surface area contributed by atoms with E-state index in [0.717, 1.165) is 11.1 Å². The summed E-state index contributed by atoms with van der Waals surface area (Å²) in [4.78, 5) is 12.1. The monoisotopic (exact) mass is 275 g/mol. The maximum Gasteiger partial charge on any atom is 0.251 e. The quantitative estimate of drug-likeness (QED) is 0.801. The highest BCUT2D eigenvalue weighted by Crippen LogP contribution is 2.13. The van der Waals surface area contributed by atoms with Crippen molar-refractivity contribution in [3.8, 4) is 11.8 Å². The average molecular weight is 275 g/mol. The van der Waals surface area contributed by atoms with E-state index in [-0.39, 0.29) is 18.6 Å². The third kappa shape index (κ3) is 4.69. The van der Waals surface area contributed by atoms with Crippen LogP contribution in [0.15, 0.2) is 18.2 Å². The first kappa shape index (κ1) is 16.2. The minimum Gasteiger partial charge on any atom is -0.395 e. The van der Waals surface area contributed by atoms with Crippen molar-refractivity contribution < 1.29 is 14.6 Å². The Kier molecular flexibility index (Phi) is 6.78. The minimum absolute atomic E-state index is 0.0215.